The Kier molecular flexibility index (Phi) is 3.05. The third-order valence-electron chi connectivity index (χ3n) is 3.32. The molecule has 2 heteroatoms. The van der Waals surface area contributed by atoms with Gasteiger partial charge < -0.3 is 4.98 Å². The third-order valence-corrected chi connectivity index (χ3v) is 3.32. The van der Waals surface area contributed by atoms with Crippen molar-refractivity contribution in [2.24, 2.45) is 0 Å². The summed E-state index contributed by atoms with van der Waals surface area (Å²) in [4.78, 5) is 15.6. The second-order valence-corrected chi connectivity index (χ2v) is 6.22. The second-order valence-electron chi connectivity index (χ2n) is 6.22. The lowest BCUT2D eigenvalue weighted by atomic mass is 9.85. The topological polar surface area (TPSA) is 32.9 Å². The Morgan fingerprint density at radius 1 is 1.17 bits per heavy atom. The number of benzene rings is 1. The van der Waals surface area contributed by atoms with Crippen molar-refractivity contribution in [3.8, 4) is 0 Å². The summed E-state index contributed by atoms with van der Waals surface area (Å²) in [5.74, 6) is 0.329. The Bertz CT molecular complexity index is 630. The number of para-hydroxylation sites is 1. The van der Waals surface area contributed by atoms with E-state index in [-0.39, 0.29) is 10.8 Å². The van der Waals surface area contributed by atoms with Crippen LogP contribution in [0.15, 0.2) is 29.1 Å². The summed E-state index contributed by atoms with van der Waals surface area (Å²) in [5.41, 5.74) is 3.32. The summed E-state index contributed by atoms with van der Waals surface area (Å²) in [6.45, 7) is 10.7. The Morgan fingerprint density at radius 2 is 1.83 bits per heavy atom. The molecule has 0 fully saturated rings. The molecule has 0 aliphatic rings. The van der Waals surface area contributed by atoms with Crippen LogP contribution in [0.4, 0.5) is 0 Å². The van der Waals surface area contributed by atoms with Gasteiger partial charge in [0.25, 0.3) is 0 Å². The molecule has 0 bridgehead atoms. The third kappa shape index (κ3) is 2.20. The zero-order valence-electron chi connectivity index (χ0n) is 11.8. The molecule has 1 heterocycles. The normalized spacial score (nSPS) is 12.3. The molecule has 2 nitrogen and oxygen atoms in total. The van der Waals surface area contributed by atoms with Gasteiger partial charge in [0.15, 0.2) is 5.43 Å². The minimum Gasteiger partial charge on any atom is -0.358 e. The Balaban J connectivity index is 2.87. The molecule has 0 amide bonds. The minimum atomic E-state index is 0.0258. The average molecular weight is 243 g/mol. The van der Waals surface area contributed by atoms with Gasteiger partial charge in [0, 0.05) is 17.1 Å². The SMILES string of the molecule is CC(C)c1cc(=O)c2cccc(C(C)(C)C)c2[nH]1. The molecule has 0 spiro atoms. The molecule has 1 aromatic carbocycles. The van der Waals surface area contributed by atoms with E-state index in [0.29, 0.717) is 5.92 Å². The number of aromatic nitrogens is 1. The molecule has 2 aromatic rings. The van der Waals surface area contributed by atoms with Crippen LogP contribution in [-0.2, 0) is 5.41 Å². The summed E-state index contributed by atoms with van der Waals surface area (Å²) in [7, 11) is 0. The molecule has 18 heavy (non-hydrogen) atoms. The van der Waals surface area contributed by atoms with Crippen LogP contribution in [0.3, 0.4) is 0 Å². The molecule has 1 N–H and O–H groups in total. The van der Waals surface area contributed by atoms with E-state index in [1.165, 1.54) is 5.56 Å². The number of fused-ring (bicyclic) bond motifs is 1. The van der Waals surface area contributed by atoms with Crippen LogP contribution in [0.1, 0.15) is 51.8 Å². The van der Waals surface area contributed by atoms with E-state index < -0.39 is 0 Å². The van der Waals surface area contributed by atoms with Crippen molar-refractivity contribution in [3.63, 3.8) is 0 Å². The number of H-pyrrole nitrogens is 1. The minimum absolute atomic E-state index is 0.0258. The fourth-order valence-electron chi connectivity index (χ4n) is 2.23. The molecule has 0 radical (unpaired) electrons. The predicted octanol–water partition coefficient (Wildman–Crippen LogP) is 3.95. The molecule has 96 valence electrons. The summed E-state index contributed by atoms with van der Waals surface area (Å²) in [6.07, 6.45) is 0. The van der Waals surface area contributed by atoms with Crippen molar-refractivity contribution in [2.45, 2.75) is 46.0 Å². The second kappa shape index (κ2) is 4.27. The van der Waals surface area contributed by atoms with Crippen molar-refractivity contribution < 1.29 is 0 Å². The number of hydrogen-bond donors (Lipinski definition) is 1. The summed E-state index contributed by atoms with van der Waals surface area (Å²) >= 11 is 0. The highest BCUT2D eigenvalue weighted by molar-refractivity contribution is 5.82. The van der Waals surface area contributed by atoms with Crippen LogP contribution in [0.5, 0.6) is 0 Å². The summed E-state index contributed by atoms with van der Waals surface area (Å²) in [5, 5.41) is 0.784. The van der Waals surface area contributed by atoms with Gasteiger partial charge in [-0.15, -0.1) is 0 Å². The van der Waals surface area contributed by atoms with Gasteiger partial charge in [-0.1, -0.05) is 46.8 Å². The van der Waals surface area contributed by atoms with E-state index in [1.807, 2.05) is 12.1 Å². The van der Waals surface area contributed by atoms with Crippen LogP contribution in [0, 0.1) is 0 Å². The van der Waals surface area contributed by atoms with Gasteiger partial charge in [-0.3, -0.25) is 4.79 Å². The van der Waals surface area contributed by atoms with E-state index in [0.717, 1.165) is 16.6 Å². The van der Waals surface area contributed by atoms with Gasteiger partial charge in [-0.05, 0) is 23.0 Å². The number of hydrogen-bond acceptors (Lipinski definition) is 1. The maximum absolute atomic E-state index is 12.2. The highest BCUT2D eigenvalue weighted by atomic mass is 16.1. The molecule has 0 aliphatic carbocycles. The van der Waals surface area contributed by atoms with Crippen molar-refractivity contribution in [3.05, 3.63) is 45.7 Å². The van der Waals surface area contributed by atoms with Crippen LogP contribution < -0.4 is 5.43 Å². The van der Waals surface area contributed by atoms with Gasteiger partial charge in [0.2, 0.25) is 0 Å². The molecule has 0 unspecified atom stereocenters. The maximum Gasteiger partial charge on any atom is 0.189 e. The van der Waals surface area contributed by atoms with Crippen LogP contribution in [0.25, 0.3) is 10.9 Å². The molecule has 0 saturated carbocycles. The summed E-state index contributed by atoms with van der Waals surface area (Å²) in [6, 6.07) is 7.68. The standard InChI is InChI=1S/C16H21NO/c1-10(2)13-9-14(18)11-7-6-8-12(15(11)17-13)16(3,4)5/h6-10H,1-5H3,(H,17,18). The Morgan fingerprint density at radius 3 is 2.39 bits per heavy atom. The van der Waals surface area contributed by atoms with Gasteiger partial charge in [-0.2, -0.15) is 0 Å². The van der Waals surface area contributed by atoms with Gasteiger partial charge in [0.1, 0.15) is 0 Å². The fraction of sp³-hybridized carbons (Fsp3) is 0.438. The lowest BCUT2D eigenvalue weighted by Crippen LogP contribution is -2.15. The quantitative estimate of drug-likeness (QED) is 0.808. The Labute approximate surface area is 108 Å². The predicted molar refractivity (Wildman–Crippen MR) is 77.4 cm³/mol. The molecule has 0 saturated heterocycles. The van der Waals surface area contributed by atoms with Crippen LogP contribution in [-0.4, -0.2) is 4.98 Å². The van der Waals surface area contributed by atoms with Crippen LogP contribution in [0.2, 0.25) is 0 Å². The monoisotopic (exact) mass is 243 g/mol. The lowest BCUT2D eigenvalue weighted by molar-refractivity contribution is 0.594. The first kappa shape index (κ1) is 12.9. The smallest absolute Gasteiger partial charge is 0.189 e. The molecule has 0 aliphatic heterocycles. The largest absolute Gasteiger partial charge is 0.358 e. The fourth-order valence-corrected chi connectivity index (χ4v) is 2.23. The summed E-state index contributed by atoms with van der Waals surface area (Å²) < 4.78 is 0. The Hall–Kier alpha value is -1.57. The maximum atomic E-state index is 12.2. The molecular formula is C16H21NO. The number of pyridine rings is 1. The highest BCUT2D eigenvalue weighted by Crippen LogP contribution is 2.28. The van der Waals surface area contributed by atoms with Gasteiger partial charge >= 0.3 is 0 Å². The van der Waals surface area contributed by atoms with Crippen molar-refractivity contribution in [1.82, 2.24) is 4.98 Å². The molecule has 2 rings (SSSR count). The van der Waals surface area contributed by atoms with Gasteiger partial charge in [0.05, 0.1) is 5.52 Å². The van der Waals surface area contributed by atoms with Crippen molar-refractivity contribution in [1.29, 1.82) is 0 Å². The molecule has 0 atom stereocenters. The van der Waals surface area contributed by atoms with E-state index in [9.17, 15) is 4.79 Å². The van der Waals surface area contributed by atoms with E-state index in [2.05, 4.69) is 45.7 Å². The number of nitrogens with one attached hydrogen (secondary N) is 1. The van der Waals surface area contributed by atoms with Crippen molar-refractivity contribution in [2.75, 3.05) is 0 Å². The first-order valence-corrected chi connectivity index (χ1v) is 6.47. The number of aromatic amines is 1. The van der Waals surface area contributed by atoms with E-state index in [1.54, 1.807) is 6.07 Å². The van der Waals surface area contributed by atoms with E-state index in [4.69, 9.17) is 0 Å². The lowest BCUT2D eigenvalue weighted by Gasteiger charge is -2.21. The average Bonchev–Trinajstić information content (AvgIpc) is 2.26. The van der Waals surface area contributed by atoms with E-state index >= 15 is 0 Å². The zero-order valence-corrected chi connectivity index (χ0v) is 11.8. The van der Waals surface area contributed by atoms with Gasteiger partial charge in [-0.25, -0.2) is 0 Å². The first-order valence-electron chi connectivity index (χ1n) is 6.47. The molecular weight excluding hydrogens is 222 g/mol. The first-order chi connectivity index (χ1) is 8.30. The highest BCUT2D eigenvalue weighted by Gasteiger charge is 2.18. The van der Waals surface area contributed by atoms with Crippen molar-refractivity contribution >= 4 is 10.9 Å². The zero-order chi connectivity index (χ0) is 13.5. The molecule has 1 aromatic heterocycles. The van der Waals surface area contributed by atoms with Crippen LogP contribution >= 0.6 is 0 Å². The number of rotatable bonds is 1.